The van der Waals surface area contributed by atoms with Crippen molar-refractivity contribution in [3.63, 3.8) is 0 Å². The average Bonchev–Trinajstić information content (AvgIpc) is 3.31. The number of rotatable bonds is 5. The number of H-pyrrole nitrogens is 1. The molecule has 0 radical (unpaired) electrons. The number of aromatic amines is 1. The topological polar surface area (TPSA) is 35.2 Å². The zero-order valence-electron chi connectivity index (χ0n) is 14.5. The second-order valence-corrected chi connectivity index (χ2v) is 7.53. The van der Waals surface area contributed by atoms with Gasteiger partial charge in [0, 0.05) is 28.9 Å². The van der Waals surface area contributed by atoms with E-state index in [4.69, 9.17) is 23.2 Å². The molecule has 1 aromatic heterocycles. The smallest absolute Gasteiger partial charge is 0.173 e. The zero-order chi connectivity index (χ0) is 17.6. The number of nitrogens with zero attached hydrogens (tertiary/aromatic N) is 3. The highest BCUT2D eigenvalue weighted by Crippen LogP contribution is 2.44. The summed E-state index contributed by atoms with van der Waals surface area (Å²) in [4.78, 5) is 7.98. The van der Waals surface area contributed by atoms with Gasteiger partial charge in [-0.2, -0.15) is 0 Å². The zero-order valence-corrected chi connectivity index (χ0v) is 16.0. The van der Waals surface area contributed by atoms with E-state index in [-0.39, 0.29) is 0 Å². The van der Waals surface area contributed by atoms with Crippen molar-refractivity contribution in [2.45, 2.75) is 39.2 Å². The number of benzene rings is 1. The maximum Gasteiger partial charge on any atom is 0.173 e. The molecule has 0 saturated heterocycles. The van der Waals surface area contributed by atoms with Crippen molar-refractivity contribution >= 4 is 34.6 Å². The number of anilines is 1. The standard InChI is InChI=1S/C19H22Cl2N4/c1-3-17(12-5-6-12)25-19-18(22-11-23-19)15(10-24(25)4-2)14-8-7-13(20)9-16(14)21/h7-12,17H,3-6H2,1-2H3,(H,22,23). The summed E-state index contributed by atoms with van der Waals surface area (Å²) in [7, 11) is 0. The Bertz CT molecular complexity index is 810. The van der Waals surface area contributed by atoms with Crippen molar-refractivity contribution < 1.29 is 0 Å². The summed E-state index contributed by atoms with van der Waals surface area (Å²) in [6.45, 7) is 5.31. The summed E-state index contributed by atoms with van der Waals surface area (Å²) in [6.07, 6.45) is 7.69. The van der Waals surface area contributed by atoms with Gasteiger partial charge in [-0.05, 0) is 44.2 Å². The number of hydrogen-bond donors (Lipinski definition) is 1. The van der Waals surface area contributed by atoms with Gasteiger partial charge in [-0.25, -0.2) is 4.98 Å². The third kappa shape index (κ3) is 2.91. The second kappa shape index (κ2) is 6.58. The van der Waals surface area contributed by atoms with E-state index in [2.05, 4.69) is 40.0 Å². The van der Waals surface area contributed by atoms with Gasteiger partial charge in [0.1, 0.15) is 0 Å². The summed E-state index contributed by atoms with van der Waals surface area (Å²) in [5, 5.41) is 5.94. The molecular formula is C19H22Cl2N4. The van der Waals surface area contributed by atoms with Crippen LogP contribution in [0, 0.1) is 5.92 Å². The van der Waals surface area contributed by atoms with E-state index in [1.54, 1.807) is 12.4 Å². The molecule has 1 saturated carbocycles. The normalized spacial score (nSPS) is 18.2. The van der Waals surface area contributed by atoms with Crippen LogP contribution in [0.3, 0.4) is 0 Å². The Hall–Kier alpha value is -1.65. The van der Waals surface area contributed by atoms with E-state index in [1.807, 2.05) is 12.1 Å². The van der Waals surface area contributed by atoms with Crippen LogP contribution in [0.15, 0.2) is 30.7 Å². The highest BCUT2D eigenvalue weighted by atomic mass is 35.5. The van der Waals surface area contributed by atoms with Gasteiger partial charge in [-0.3, -0.25) is 10.0 Å². The van der Waals surface area contributed by atoms with E-state index in [0.29, 0.717) is 16.1 Å². The van der Waals surface area contributed by atoms with Crippen LogP contribution in [-0.2, 0) is 0 Å². The lowest BCUT2D eigenvalue weighted by molar-refractivity contribution is 0.290. The molecule has 132 valence electrons. The van der Waals surface area contributed by atoms with Gasteiger partial charge in [0.2, 0.25) is 0 Å². The Morgan fingerprint density at radius 2 is 2.08 bits per heavy atom. The number of halogens is 2. The van der Waals surface area contributed by atoms with Crippen molar-refractivity contribution in [2.75, 3.05) is 11.6 Å². The van der Waals surface area contributed by atoms with Gasteiger partial charge in [0.15, 0.2) is 5.82 Å². The van der Waals surface area contributed by atoms with Crippen molar-refractivity contribution in [3.05, 3.63) is 52.0 Å². The first-order chi connectivity index (χ1) is 12.1. The molecule has 4 nitrogen and oxygen atoms in total. The van der Waals surface area contributed by atoms with Gasteiger partial charge >= 0.3 is 0 Å². The molecule has 1 unspecified atom stereocenters. The van der Waals surface area contributed by atoms with Gasteiger partial charge in [0.05, 0.1) is 23.1 Å². The van der Waals surface area contributed by atoms with Crippen LogP contribution in [0.25, 0.3) is 5.57 Å². The lowest BCUT2D eigenvalue weighted by Gasteiger charge is -2.43. The Labute approximate surface area is 158 Å². The van der Waals surface area contributed by atoms with Crippen LogP contribution in [0.1, 0.15) is 44.4 Å². The fourth-order valence-electron chi connectivity index (χ4n) is 3.75. The number of fused-ring (bicyclic) bond motifs is 1. The third-order valence-corrected chi connectivity index (χ3v) is 5.65. The predicted octanol–water partition coefficient (Wildman–Crippen LogP) is 5.35. The molecule has 6 heteroatoms. The minimum atomic E-state index is 0.487. The van der Waals surface area contributed by atoms with Gasteiger partial charge in [-0.15, -0.1) is 0 Å². The van der Waals surface area contributed by atoms with Crippen molar-refractivity contribution in [1.82, 2.24) is 15.0 Å². The number of hydrazine groups is 1. The van der Waals surface area contributed by atoms with Gasteiger partial charge in [0.25, 0.3) is 0 Å². The molecule has 1 aliphatic heterocycles. The molecule has 1 aromatic carbocycles. The Morgan fingerprint density at radius 1 is 1.28 bits per heavy atom. The van der Waals surface area contributed by atoms with Crippen molar-refractivity contribution in [1.29, 1.82) is 0 Å². The molecule has 1 N–H and O–H groups in total. The maximum atomic E-state index is 6.48. The summed E-state index contributed by atoms with van der Waals surface area (Å²) in [5.74, 6) is 1.75. The summed E-state index contributed by atoms with van der Waals surface area (Å²) in [5.41, 5.74) is 3.04. The van der Waals surface area contributed by atoms with Crippen molar-refractivity contribution in [2.24, 2.45) is 5.92 Å². The van der Waals surface area contributed by atoms with Crippen LogP contribution < -0.4 is 5.01 Å². The molecule has 2 heterocycles. The number of aromatic nitrogens is 2. The van der Waals surface area contributed by atoms with Gasteiger partial charge in [-0.1, -0.05) is 36.2 Å². The molecule has 25 heavy (non-hydrogen) atoms. The third-order valence-electron chi connectivity index (χ3n) is 5.10. The maximum absolute atomic E-state index is 6.48. The first kappa shape index (κ1) is 16.8. The molecule has 1 fully saturated rings. The van der Waals surface area contributed by atoms with E-state index in [1.165, 1.54) is 12.8 Å². The van der Waals surface area contributed by atoms with E-state index < -0.39 is 0 Å². The van der Waals surface area contributed by atoms with E-state index in [0.717, 1.165) is 41.5 Å². The van der Waals surface area contributed by atoms with Crippen LogP contribution >= 0.6 is 23.2 Å². The molecule has 1 atom stereocenters. The van der Waals surface area contributed by atoms with Crippen molar-refractivity contribution in [3.8, 4) is 0 Å². The quantitative estimate of drug-likeness (QED) is 0.763. The Morgan fingerprint density at radius 3 is 2.72 bits per heavy atom. The van der Waals surface area contributed by atoms with E-state index >= 15 is 0 Å². The van der Waals surface area contributed by atoms with Crippen LogP contribution in [0.5, 0.6) is 0 Å². The monoisotopic (exact) mass is 376 g/mol. The highest BCUT2D eigenvalue weighted by Gasteiger charge is 2.40. The van der Waals surface area contributed by atoms with Crippen LogP contribution in [0.2, 0.25) is 10.0 Å². The van der Waals surface area contributed by atoms with Gasteiger partial charge < -0.3 is 4.98 Å². The molecule has 0 amide bonds. The number of imidazole rings is 1. The average molecular weight is 377 g/mol. The fraction of sp³-hybridized carbons (Fsp3) is 0.421. The largest absolute Gasteiger partial charge is 0.343 e. The minimum Gasteiger partial charge on any atom is -0.343 e. The molecular weight excluding hydrogens is 355 g/mol. The summed E-state index contributed by atoms with van der Waals surface area (Å²) in [6, 6.07) is 6.13. The molecule has 0 spiro atoms. The number of hydrogen-bond acceptors (Lipinski definition) is 3. The van der Waals surface area contributed by atoms with Crippen LogP contribution in [0.4, 0.5) is 5.82 Å². The molecule has 1 aliphatic carbocycles. The Balaban J connectivity index is 1.81. The molecule has 0 bridgehead atoms. The fourth-order valence-corrected chi connectivity index (χ4v) is 4.26. The number of nitrogens with one attached hydrogen (secondary N) is 1. The SMILES string of the molecule is CCC(C1CC1)N1c2nc[nH]c2C(c2ccc(Cl)cc2Cl)=CN1CC. The van der Waals surface area contributed by atoms with Crippen LogP contribution in [-0.4, -0.2) is 27.6 Å². The lowest BCUT2D eigenvalue weighted by atomic mass is 10.0. The first-order valence-electron chi connectivity index (χ1n) is 8.90. The minimum absolute atomic E-state index is 0.487. The molecule has 2 aliphatic rings. The second-order valence-electron chi connectivity index (χ2n) is 6.68. The highest BCUT2D eigenvalue weighted by molar-refractivity contribution is 6.35. The first-order valence-corrected chi connectivity index (χ1v) is 9.66. The van der Waals surface area contributed by atoms with E-state index in [9.17, 15) is 0 Å². The summed E-state index contributed by atoms with van der Waals surface area (Å²) < 4.78 is 0. The molecule has 2 aromatic rings. The molecule has 4 rings (SSSR count). The Kier molecular flexibility index (Phi) is 4.42. The predicted molar refractivity (Wildman–Crippen MR) is 104 cm³/mol. The lowest BCUT2D eigenvalue weighted by Crippen LogP contribution is -2.49. The summed E-state index contributed by atoms with van der Waals surface area (Å²) >= 11 is 12.6.